The van der Waals surface area contributed by atoms with Crippen molar-refractivity contribution in [1.82, 2.24) is 0 Å². The van der Waals surface area contributed by atoms with Crippen molar-refractivity contribution in [3.63, 3.8) is 0 Å². The van der Waals surface area contributed by atoms with E-state index in [0.29, 0.717) is 23.5 Å². The molecule has 0 unspecified atom stereocenters. The van der Waals surface area contributed by atoms with Gasteiger partial charge in [0.1, 0.15) is 11.5 Å². The van der Waals surface area contributed by atoms with Gasteiger partial charge >= 0.3 is 0 Å². The molecule has 0 aliphatic heterocycles. The highest BCUT2D eigenvalue weighted by Gasteiger charge is 2.21. The second-order valence-electron chi connectivity index (χ2n) is 5.23. The molecular formula is C17H20O4S. The summed E-state index contributed by atoms with van der Waals surface area (Å²) in [4.78, 5) is 0.426. The average Bonchev–Trinajstić information content (AvgIpc) is 2.47. The largest absolute Gasteiger partial charge is 0.508 e. The molecule has 0 atom stereocenters. The van der Waals surface area contributed by atoms with E-state index in [2.05, 4.69) is 0 Å². The van der Waals surface area contributed by atoms with Crippen LogP contribution < -0.4 is 4.74 Å². The van der Waals surface area contributed by atoms with Crippen molar-refractivity contribution in [2.45, 2.75) is 37.0 Å². The molecule has 2 aromatic rings. The maximum Gasteiger partial charge on any atom is 0.206 e. The predicted molar refractivity (Wildman–Crippen MR) is 85.3 cm³/mol. The molecule has 1 N–H and O–H groups in total. The Hall–Kier alpha value is -2.01. The van der Waals surface area contributed by atoms with Crippen LogP contribution >= 0.6 is 0 Å². The van der Waals surface area contributed by atoms with Gasteiger partial charge in [0, 0.05) is 0 Å². The first-order valence-electron chi connectivity index (χ1n) is 7.14. The summed E-state index contributed by atoms with van der Waals surface area (Å²) >= 11 is 0. The van der Waals surface area contributed by atoms with Crippen molar-refractivity contribution in [3.8, 4) is 11.5 Å². The highest BCUT2D eigenvalue weighted by atomic mass is 32.2. The Kier molecular flexibility index (Phi) is 4.76. The van der Waals surface area contributed by atoms with Crippen molar-refractivity contribution < 1.29 is 18.3 Å². The molecule has 22 heavy (non-hydrogen) atoms. The third-order valence-corrected chi connectivity index (χ3v) is 5.30. The van der Waals surface area contributed by atoms with Crippen molar-refractivity contribution in [2.75, 3.05) is 6.61 Å². The Morgan fingerprint density at radius 2 is 1.77 bits per heavy atom. The number of ether oxygens (including phenoxy) is 1. The number of phenols is 1. The first-order valence-corrected chi connectivity index (χ1v) is 8.62. The molecule has 0 amide bonds. The van der Waals surface area contributed by atoms with Crippen LogP contribution in [0.5, 0.6) is 11.5 Å². The molecule has 0 saturated carbocycles. The molecule has 0 aromatic heterocycles. The number of aromatic hydroxyl groups is 1. The summed E-state index contributed by atoms with van der Waals surface area (Å²) in [5.74, 6) is 0.749. The average molecular weight is 320 g/mol. The van der Waals surface area contributed by atoms with Gasteiger partial charge in [0.15, 0.2) is 0 Å². The van der Waals surface area contributed by atoms with Crippen LogP contribution in [-0.4, -0.2) is 20.1 Å². The normalized spacial score (nSPS) is 11.4. The van der Waals surface area contributed by atoms with E-state index in [4.69, 9.17) is 4.74 Å². The SMILES string of the molecule is CCCOc1ccc(S(=O)(=O)c2ccc(O)c(C)c2)c(C)c1. The standard InChI is InChI=1S/C17H20O4S/c1-4-9-21-14-5-8-17(13(3)10-14)22(19,20)15-6-7-16(18)12(2)11-15/h5-8,10-11,18H,4,9H2,1-3H3. The minimum Gasteiger partial charge on any atom is -0.508 e. The lowest BCUT2D eigenvalue weighted by molar-refractivity contribution is 0.317. The molecule has 0 bridgehead atoms. The summed E-state index contributed by atoms with van der Waals surface area (Å²) in [6.45, 7) is 6.03. The second-order valence-corrected chi connectivity index (χ2v) is 7.15. The highest BCUT2D eigenvalue weighted by Crippen LogP contribution is 2.29. The molecule has 0 saturated heterocycles. The van der Waals surface area contributed by atoms with E-state index in [0.717, 1.165) is 6.42 Å². The zero-order valence-corrected chi connectivity index (χ0v) is 13.8. The molecule has 2 aromatic carbocycles. The lowest BCUT2D eigenvalue weighted by Crippen LogP contribution is -2.05. The van der Waals surface area contributed by atoms with Crippen molar-refractivity contribution >= 4 is 9.84 Å². The first kappa shape index (κ1) is 16.4. The van der Waals surface area contributed by atoms with Crippen LogP contribution in [0.3, 0.4) is 0 Å². The number of hydrogen-bond donors (Lipinski definition) is 1. The highest BCUT2D eigenvalue weighted by molar-refractivity contribution is 7.91. The van der Waals surface area contributed by atoms with Gasteiger partial charge < -0.3 is 9.84 Å². The third kappa shape index (κ3) is 3.25. The number of aryl methyl sites for hydroxylation is 2. The molecule has 0 spiro atoms. The van der Waals surface area contributed by atoms with E-state index in [1.54, 1.807) is 32.0 Å². The molecule has 5 heteroatoms. The molecule has 0 fully saturated rings. The summed E-state index contributed by atoms with van der Waals surface area (Å²) in [5, 5.41) is 9.54. The van der Waals surface area contributed by atoms with E-state index in [1.165, 1.54) is 18.2 Å². The van der Waals surface area contributed by atoms with Gasteiger partial charge in [0.05, 0.1) is 16.4 Å². The van der Waals surface area contributed by atoms with Gasteiger partial charge in [0.2, 0.25) is 9.84 Å². The molecule has 0 aliphatic carbocycles. The monoisotopic (exact) mass is 320 g/mol. The molecule has 0 radical (unpaired) electrons. The quantitative estimate of drug-likeness (QED) is 0.913. The smallest absolute Gasteiger partial charge is 0.206 e. The van der Waals surface area contributed by atoms with E-state index >= 15 is 0 Å². The van der Waals surface area contributed by atoms with E-state index in [1.807, 2.05) is 6.92 Å². The van der Waals surface area contributed by atoms with E-state index < -0.39 is 9.84 Å². The van der Waals surface area contributed by atoms with Crippen LogP contribution in [0.1, 0.15) is 24.5 Å². The summed E-state index contributed by atoms with van der Waals surface area (Å²) in [6, 6.07) is 9.26. The fourth-order valence-corrected chi connectivity index (χ4v) is 3.72. The van der Waals surface area contributed by atoms with E-state index in [9.17, 15) is 13.5 Å². The number of phenolic OH excluding ortho intramolecular Hbond substituents is 1. The Balaban J connectivity index is 2.43. The van der Waals surface area contributed by atoms with Gasteiger partial charge in [-0.25, -0.2) is 8.42 Å². The zero-order chi connectivity index (χ0) is 16.3. The Labute approximate surface area is 131 Å². The van der Waals surface area contributed by atoms with Gasteiger partial charge in [-0.2, -0.15) is 0 Å². The summed E-state index contributed by atoms with van der Waals surface area (Å²) in [7, 11) is -3.61. The van der Waals surface area contributed by atoms with Gasteiger partial charge in [0.25, 0.3) is 0 Å². The maximum absolute atomic E-state index is 12.7. The predicted octanol–water partition coefficient (Wildman–Crippen LogP) is 3.63. The van der Waals surface area contributed by atoms with Crippen molar-refractivity contribution in [3.05, 3.63) is 47.5 Å². The van der Waals surface area contributed by atoms with Gasteiger partial charge in [-0.05, 0) is 67.8 Å². The lowest BCUT2D eigenvalue weighted by atomic mass is 10.2. The number of hydrogen-bond acceptors (Lipinski definition) is 4. The Morgan fingerprint density at radius 1 is 1.05 bits per heavy atom. The van der Waals surface area contributed by atoms with Gasteiger partial charge in [-0.15, -0.1) is 0 Å². The molecule has 2 rings (SSSR count). The van der Waals surface area contributed by atoms with Crippen LogP contribution in [0.25, 0.3) is 0 Å². The number of benzene rings is 2. The maximum atomic E-state index is 12.7. The second kappa shape index (κ2) is 6.40. The van der Waals surface area contributed by atoms with Crippen LogP contribution in [0, 0.1) is 13.8 Å². The summed E-state index contributed by atoms with van der Waals surface area (Å²) in [6.07, 6.45) is 0.895. The molecule has 0 heterocycles. The molecular weight excluding hydrogens is 300 g/mol. The molecule has 4 nitrogen and oxygen atoms in total. The van der Waals surface area contributed by atoms with Crippen molar-refractivity contribution in [2.24, 2.45) is 0 Å². The van der Waals surface area contributed by atoms with Crippen LogP contribution in [0.2, 0.25) is 0 Å². The Bertz CT molecular complexity index is 779. The van der Waals surface area contributed by atoms with Crippen LogP contribution in [0.15, 0.2) is 46.2 Å². The number of sulfone groups is 1. The molecule has 118 valence electrons. The van der Waals surface area contributed by atoms with Gasteiger partial charge in [-0.1, -0.05) is 6.92 Å². The minimum absolute atomic E-state index is 0.0824. The summed E-state index contributed by atoms with van der Waals surface area (Å²) < 4.78 is 31.0. The van der Waals surface area contributed by atoms with Crippen molar-refractivity contribution in [1.29, 1.82) is 0 Å². The fraction of sp³-hybridized carbons (Fsp3) is 0.294. The van der Waals surface area contributed by atoms with Crippen LogP contribution in [-0.2, 0) is 9.84 Å². The minimum atomic E-state index is -3.61. The fourth-order valence-electron chi connectivity index (χ4n) is 2.16. The molecule has 0 aliphatic rings. The summed E-state index contributed by atoms with van der Waals surface area (Å²) in [5.41, 5.74) is 1.17. The first-order chi connectivity index (χ1) is 10.4. The van der Waals surface area contributed by atoms with E-state index in [-0.39, 0.29) is 15.5 Å². The van der Waals surface area contributed by atoms with Crippen LogP contribution in [0.4, 0.5) is 0 Å². The third-order valence-electron chi connectivity index (χ3n) is 3.39. The van der Waals surface area contributed by atoms with Gasteiger partial charge in [-0.3, -0.25) is 0 Å². The topological polar surface area (TPSA) is 63.6 Å². The Morgan fingerprint density at radius 3 is 2.36 bits per heavy atom. The number of rotatable bonds is 5. The zero-order valence-electron chi connectivity index (χ0n) is 13.0. The lowest BCUT2D eigenvalue weighted by Gasteiger charge is -2.11.